The Balaban J connectivity index is 0.000000226. The fourth-order valence-electron chi connectivity index (χ4n) is 4.60. The van der Waals surface area contributed by atoms with Gasteiger partial charge >= 0.3 is 6.09 Å². The Morgan fingerprint density at radius 2 is 1.95 bits per heavy atom. The van der Waals surface area contributed by atoms with Crippen molar-refractivity contribution in [1.29, 1.82) is 0 Å². The summed E-state index contributed by atoms with van der Waals surface area (Å²) in [6, 6.07) is 9.85. The lowest BCUT2D eigenvalue weighted by molar-refractivity contribution is 0.0945. The predicted molar refractivity (Wildman–Crippen MR) is 168 cm³/mol. The number of aromatic amines is 1. The molecule has 41 heavy (non-hydrogen) atoms. The molecule has 4 rings (SSSR count). The molecule has 1 aliphatic heterocycles. The lowest BCUT2D eigenvalue weighted by Crippen LogP contribution is -2.34. The van der Waals surface area contributed by atoms with Gasteiger partial charge in [-0.2, -0.15) is 0 Å². The number of nitrogens with two attached hydrogens (primary N) is 1. The van der Waals surface area contributed by atoms with Crippen LogP contribution in [0, 0.1) is 0 Å². The molecule has 0 unspecified atom stereocenters. The average molecular weight is 632 g/mol. The lowest BCUT2D eigenvalue weighted by Gasteiger charge is -2.18. The zero-order chi connectivity index (χ0) is 29.9. The Morgan fingerprint density at radius 1 is 1.20 bits per heavy atom. The van der Waals surface area contributed by atoms with E-state index < -0.39 is 0 Å². The van der Waals surface area contributed by atoms with Crippen LogP contribution in [-0.2, 0) is 17.6 Å². The highest BCUT2D eigenvalue weighted by atomic mass is 79.9. The molecule has 1 atom stereocenters. The molecule has 10 nitrogen and oxygen atoms in total. The zero-order valence-corrected chi connectivity index (χ0v) is 26.3. The monoisotopic (exact) mass is 630 g/mol. The number of hydrogen-bond donors (Lipinski definition) is 4. The second-order valence-electron chi connectivity index (χ2n) is 10.2. The standard InChI is InChI=1S/C16H21N3O2.C14H22BrN3O2/c1-19(2)6-5-12-9-17-15-4-3-11(8-14(12)15)7-13-10-21-16(20)18-13;1-4-18(5-2)7-6-17-14(19)10-8-11(15)12(16)9-13(10)20-3/h3-4,8-9,13,17H,5-7,10H2,1-2H3,(H,18,20);8-9H,4-7,16H2,1-3H3,(H,17,19)/t13-;/m0./s1. The number of nitrogen functional groups attached to an aromatic ring is 1. The number of rotatable bonds is 12. The quantitative estimate of drug-likeness (QED) is 0.223. The molecule has 1 aliphatic rings. The third-order valence-corrected chi connectivity index (χ3v) is 7.74. The number of H-pyrrole nitrogens is 1. The lowest BCUT2D eigenvalue weighted by atomic mass is 10.0. The predicted octanol–water partition coefficient (Wildman–Crippen LogP) is 4.03. The summed E-state index contributed by atoms with van der Waals surface area (Å²) in [5, 5.41) is 7.00. The topological polar surface area (TPSA) is 125 Å². The molecule has 0 aliphatic carbocycles. The van der Waals surface area contributed by atoms with Gasteiger partial charge in [0.15, 0.2) is 0 Å². The molecule has 224 valence electrons. The first-order valence-electron chi connectivity index (χ1n) is 14.0. The number of methoxy groups -OCH3 is 1. The summed E-state index contributed by atoms with van der Waals surface area (Å²) in [5.41, 5.74) is 10.5. The number of anilines is 1. The number of amides is 2. The number of likely N-dealkylation sites (N-methyl/N-ethyl adjacent to an activating group) is 2. The van der Waals surface area contributed by atoms with Gasteiger partial charge in [0.2, 0.25) is 0 Å². The maximum Gasteiger partial charge on any atom is 0.407 e. The van der Waals surface area contributed by atoms with E-state index in [1.54, 1.807) is 12.1 Å². The molecule has 0 bridgehead atoms. The highest BCUT2D eigenvalue weighted by Crippen LogP contribution is 2.29. The highest BCUT2D eigenvalue weighted by molar-refractivity contribution is 9.10. The molecule has 11 heteroatoms. The molecule has 1 fully saturated rings. The second kappa shape index (κ2) is 15.6. The third-order valence-electron chi connectivity index (χ3n) is 7.05. The van der Waals surface area contributed by atoms with Crippen LogP contribution in [0.2, 0.25) is 0 Å². The molecular weight excluding hydrogens is 588 g/mol. The molecule has 3 aromatic rings. The van der Waals surface area contributed by atoms with Gasteiger partial charge in [0, 0.05) is 53.0 Å². The van der Waals surface area contributed by atoms with Gasteiger partial charge in [-0.15, -0.1) is 0 Å². The second-order valence-corrected chi connectivity index (χ2v) is 11.1. The fourth-order valence-corrected chi connectivity index (χ4v) is 4.95. The number of nitrogens with zero attached hydrogens (tertiary/aromatic N) is 2. The van der Waals surface area contributed by atoms with Crippen LogP contribution in [0.1, 0.15) is 35.3 Å². The summed E-state index contributed by atoms with van der Waals surface area (Å²) in [6.45, 7) is 9.08. The van der Waals surface area contributed by atoms with Gasteiger partial charge in [-0.1, -0.05) is 19.9 Å². The molecule has 1 saturated heterocycles. The van der Waals surface area contributed by atoms with E-state index in [9.17, 15) is 9.59 Å². The largest absolute Gasteiger partial charge is 0.496 e. The first kappa shape index (κ1) is 32.2. The normalized spacial score (nSPS) is 14.5. The maximum absolute atomic E-state index is 12.2. The van der Waals surface area contributed by atoms with Crippen molar-refractivity contribution in [2.45, 2.75) is 32.7 Å². The SMILES string of the molecule is CCN(CC)CCNC(=O)c1cc(Br)c(N)cc1OC.CN(C)CCc1c[nH]c2ccc(C[C@H]3COC(=O)N3)cc12. The van der Waals surface area contributed by atoms with E-state index in [1.165, 1.54) is 29.1 Å². The minimum absolute atomic E-state index is 0.0825. The number of hydrogen-bond acceptors (Lipinski definition) is 7. The molecule has 2 aromatic carbocycles. The van der Waals surface area contributed by atoms with Crippen LogP contribution in [0.25, 0.3) is 10.9 Å². The average Bonchev–Trinajstić information content (AvgIpc) is 3.56. The van der Waals surface area contributed by atoms with E-state index in [0.717, 1.165) is 39.0 Å². The minimum atomic E-state index is -0.311. The number of ether oxygens (including phenoxy) is 2. The van der Waals surface area contributed by atoms with E-state index in [-0.39, 0.29) is 18.0 Å². The van der Waals surface area contributed by atoms with Gasteiger partial charge in [0.05, 0.1) is 18.7 Å². The summed E-state index contributed by atoms with van der Waals surface area (Å²) in [5.74, 6) is 0.320. The van der Waals surface area contributed by atoms with E-state index in [2.05, 4.69) is 93.7 Å². The molecule has 2 heterocycles. The van der Waals surface area contributed by atoms with Crippen LogP contribution in [0.15, 0.2) is 41.0 Å². The summed E-state index contributed by atoms with van der Waals surface area (Å²) in [7, 11) is 5.70. The molecule has 2 amide bonds. The number of carbonyl (C=O) groups is 2. The number of nitrogens with one attached hydrogen (secondary N) is 3. The fraction of sp³-hybridized carbons (Fsp3) is 0.467. The van der Waals surface area contributed by atoms with Gasteiger partial charge in [0.1, 0.15) is 12.4 Å². The van der Waals surface area contributed by atoms with Crippen molar-refractivity contribution in [1.82, 2.24) is 25.4 Å². The Morgan fingerprint density at radius 3 is 2.59 bits per heavy atom. The van der Waals surface area contributed by atoms with Gasteiger partial charge in [-0.3, -0.25) is 4.79 Å². The van der Waals surface area contributed by atoms with Crippen LogP contribution in [-0.4, -0.2) is 93.4 Å². The third kappa shape index (κ3) is 9.37. The first-order valence-corrected chi connectivity index (χ1v) is 14.7. The van der Waals surface area contributed by atoms with Crippen molar-refractivity contribution in [3.05, 3.63) is 57.7 Å². The van der Waals surface area contributed by atoms with Crippen molar-refractivity contribution in [3.8, 4) is 5.75 Å². The molecule has 0 spiro atoms. The van der Waals surface area contributed by atoms with Crippen LogP contribution in [0.3, 0.4) is 0 Å². The molecule has 5 N–H and O–H groups in total. The number of aromatic nitrogens is 1. The number of alkyl carbamates (subject to hydrolysis) is 1. The Hall–Kier alpha value is -3.28. The molecule has 1 aromatic heterocycles. The van der Waals surface area contributed by atoms with Crippen molar-refractivity contribution in [2.75, 3.05) is 66.3 Å². The smallest absolute Gasteiger partial charge is 0.407 e. The first-order chi connectivity index (χ1) is 19.6. The number of cyclic esters (lactones) is 1. The Kier molecular flexibility index (Phi) is 12.3. The zero-order valence-electron chi connectivity index (χ0n) is 24.7. The van der Waals surface area contributed by atoms with Gasteiger partial charge in [-0.25, -0.2) is 4.79 Å². The van der Waals surface area contributed by atoms with Gasteiger partial charge in [0.25, 0.3) is 5.91 Å². The Bertz CT molecular complexity index is 1310. The van der Waals surface area contributed by atoms with E-state index >= 15 is 0 Å². The molecule has 0 saturated carbocycles. The van der Waals surface area contributed by atoms with Crippen molar-refractivity contribution >= 4 is 44.5 Å². The minimum Gasteiger partial charge on any atom is -0.496 e. The van der Waals surface area contributed by atoms with E-state index in [4.69, 9.17) is 15.2 Å². The maximum atomic E-state index is 12.2. The summed E-state index contributed by atoms with van der Waals surface area (Å²) in [6.07, 6.45) is 3.62. The summed E-state index contributed by atoms with van der Waals surface area (Å²) in [4.78, 5) is 31.0. The van der Waals surface area contributed by atoms with Crippen molar-refractivity contribution < 1.29 is 19.1 Å². The highest BCUT2D eigenvalue weighted by Gasteiger charge is 2.22. The Labute approximate surface area is 251 Å². The van der Waals surface area contributed by atoms with Gasteiger partial charge in [-0.05, 0) is 85.3 Å². The molecule has 0 radical (unpaired) electrons. The number of fused-ring (bicyclic) bond motifs is 1. The summed E-state index contributed by atoms with van der Waals surface area (Å²) < 4.78 is 10.8. The summed E-state index contributed by atoms with van der Waals surface area (Å²) >= 11 is 3.32. The van der Waals surface area contributed by atoms with Crippen molar-refractivity contribution in [3.63, 3.8) is 0 Å². The van der Waals surface area contributed by atoms with E-state index in [0.29, 0.717) is 34.6 Å². The van der Waals surface area contributed by atoms with Crippen molar-refractivity contribution in [2.24, 2.45) is 0 Å². The van der Waals surface area contributed by atoms with Crippen LogP contribution >= 0.6 is 15.9 Å². The molecular formula is C30H43BrN6O4. The van der Waals surface area contributed by atoms with Gasteiger partial charge < -0.3 is 40.6 Å². The van der Waals surface area contributed by atoms with Crippen LogP contribution in [0.4, 0.5) is 10.5 Å². The number of benzene rings is 2. The van der Waals surface area contributed by atoms with Crippen LogP contribution < -0.4 is 21.1 Å². The number of halogens is 1. The van der Waals surface area contributed by atoms with E-state index in [1.807, 2.05) is 0 Å². The van der Waals surface area contributed by atoms with Crippen LogP contribution in [0.5, 0.6) is 5.75 Å². The number of carbonyl (C=O) groups excluding carboxylic acids is 2.